The van der Waals surface area contributed by atoms with Gasteiger partial charge in [-0.2, -0.15) is 0 Å². The fraction of sp³-hybridized carbons (Fsp3) is 0.214. The minimum atomic E-state index is 0.218. The van der Waals surface area contributed by atoms with E-state index in [0.29, 0.717) is 6.42 Å². The molecule has 0 spiro atoms. The van der Waals surface area contributed by atoms with E-state index in [1.807, 2.05) is 35.7 Å². The maximum Gasteiger partial charge on any atom is 0.177 e. The summed E-state index contributed by atoms with van der Waals surface area (Å²) in [6, 6.07) is 9.95. The third kappa shape index (κ3) is 3.05. The smallest absolute Gasteiger partial charge is 0.177 e. The van der Waals surface area contributed by atoms with Gasteiger partial charge in [-0.05, 0) is 41.1 Å². The molecule has 1 aromatic carbocycles. The summed E-state index contributed by atoms with van der Waals surface area (Å²) in [5, 5.41) is 1.99. The molecule has 0 saturated heterocycles. The third-order valence-electron chi connectivity index (χ3n) is 2.63. The first-order valence-corrected chi connectivity index (χ1v) is 7.22. The molecule has 3 heteroatoms. The van der Waals surface area contributed by atoms with Crippen molar-refractivity contribution in [2.75, 3.05) is 0 Å². The molecule has 0 N–H and O–H groups in total. The molecular formula is C14H13BrOS. The van der Waals surface area contributed by atoms with Gasteiger partial charge in [0.2, 0.25) is 0 Å². The predicted octanol–water partition coefficient (Wildman–Crippen LogP) is 4.50. The van der Waals surface area contributed by atoms with Gasteiger partial charge in [-0.15, -0.1) is 11.3 Å². The highest BCUT2D eigenvalue weighted by Gasteiger charge is 2.12. The molecule has 0 fully saturated rings. The van der Waals surface area contributed by atoms with E-state index in [1.54, 1.807) is 11.3 Å². The number of halogens is 1. The van der Waals surface area contributed by atoms with Crippen LogP contribution in [0.15, 0.2) is 40.2 Å². The van der Waals surface area contributed by atoms with Crippen LogP contribution in [-0.2, 0) is 12.8 Å². The zero-order valence-corrected chi connectivity index (χ0v) is 12.0. The SMILES string of the molecule is CCc1ccsc1C(=O)Cc1cccc(Br)c1. The lowest BCUT2D eigenvalue weighted by Crippen LogP contribution is -2.03. The van der Waals surface area contributed by atoms with Crippen molar-refractivity contribution in [2.45, 2.75) is 19.8 Å². The summed E-state index contributed by atoms with van der Waals surface area (Å²) in [6.07, 6.45) is 1.40. The standard InChI is InChI=1S/C14H13BrOS/c1-2-11-6-7-17-14(11)13(16)9-10-4-3-5-12(15)8-10/h3-8H,2,9H2,1H3. The first-order valence-electron chi connectivity index (χ1n) is 5.54. The Morgan fingerprint density at radius 2 is 2.18 bits per heavy atom. The molecule has 1 nitrogen and oxygen atoms in total. The number of aryl methyl sites for hydroxylation is 1. The van der Waals surface area contributed by atoms with Gasteiger partial charge in [0.05, 0.1) is 4.88 Å². The maximum absolute atomic E-state index is 12.2. The average Bonchev–Trinajstić information content (AvgIpc) is 2.77. The van der Waals surface area contributed by atoms with E-state index in [1.165, 1.54) is 0 Å². The monoisotopic (exact) mass is 308 g/mol. The van der Waals surface area contributed by atoms with Gasteiger partial charge in [0.15, 0.2) is 5.78 Å². The lowest BCUT2D eigenvalue weighted by molar-refractivity contribution is 0.0996. The molecule has 0 aliphatic carbocycles. The summed E-state index contributed by atoms with van der Waals surface area (Å²) in [5.74, 6) is 0.218. The minimum absolute atomic E-state index is 0.218. The first-order chi connectivity index (χ1) is 8.20. The number of benzene rings is 1. The molecule has 0 amide bonds. The van der Waals surface area contributed by atoms with Gasteiger partial charge >= 0.3 is 0 Å². The van der Waals surface area contributed by atoms with E-state index < -0.39 is 0 Å². The molecule has 2 aromatic rings. The summed E-state index contributed by atoms with van der Waals surface area (Å²) < 4.78 is 1.02. The highest BCUT2D eigenvalue weighted by atomic mass is 79.9. The van der Waals surface area contributed by atoms with Crippen LogP contribution in [0.1, 0.15) is 27.7 Å². The summed E-state index contributed by atoms with van der Waals surface area (Å²) >= 11 is 4.96. The second-order valence-corrected chi connectivity index (χ2v) is 5.69. The lowest BCUT2D eigenvalue weighted by atomic mass is 10.1. The number of rotatable bonds is 4. The highest BCUT2D eigenvalue weighted by Crippen LogP contribution is 2.20. The van der Waals surface area contributed by atoms with Crippen molar-refractivity contribution in [1.82, 2.24) is 0 Å². The fourth-order valence-electron chi connectivity index (χ4n) is 1.77. The van der Waals surface area contributed by atoms with E-state index in [4.69, 9.17) is 0 Å². The van der Waals surface area contributed by atoms with Gasteiger partial charge in [0, 0.05) is 10.9 Å². The molecule has 0 bridgehead atoms. The predicted molar refractivity (Wildman–Crippen MR) is 75.9 cm³/mol. The highest BCUT2D eigenvalue weighted by molar-refractivity contribution is 9.10. The van der Waals surface area contributed by atoms with Gasteiger partial charge in [-0.3, -0.25) is 4.79 Å². The Kier molecular flexibility index (Phi) is 4.13. The molecule has 0 radical (unpaired) electrons. The lowest BCUT2D eigenvalue weighted by Gasteiger charge is -2.02. The van der Waals surface area contributed by atoms with Crippen molar-refractivity contribution in [3.63, 3.8) is 0 Å². The largest absolute Gasteiger partial charge is 0.293 e. The Hall–Kier alpha value is -0.930. The van der Waals surface area contributed by atoms with Crippen LogP contribution < -0.4 is 0 Å². The third-order valence-corrected chi connectivity index (χ3v) is 4.13. The quantitative estimate of drug-likeness (QED) is 0.760. The molecule has 0 aliphatic heterocycles. The van der Waals surface area contributed by atoms with Crippen LogP contribution >= 0.6 is 27.3 Å². The molecule has 0 unspecified atom stereocenters. The average molecular weight is 309 g/mol. The van der Waals surface area contributed by atoms with E-state index >= 15 is 0 Å². The molecule has 1 aromatic heterocycles. The minimum Gasteiger partial charge on any atom is -0.293 e. The van der Waals surface area contributed by atoms with Crippen LogP contribution in [-0.4, -0.2) is 5.78 Å². The molecule has 0 atom stereocenters. The number of thiophene rings is 1. The number of carbonyl (C=O) groups is 1. The molecule has 88 valence electrons. The number of Topliss-reactive ketones (excluding diaryl/α,β-unsaturated/α-hetero) is 1. The Balaban J connectivity index is 2.17. The molecule has 0 saturated carbocycles. The molecule has 1 heterocycles. The Labute approximate surface area is 114 Å². The molecule has 2 rings (SSSR count). The van der Waals surface area contributed by atoms with E-state index in [2.05, 4.69) is 22.9 Å². The van der Waals surface area contributed by atoms with Crippen LogP contribution in [0.3, 0.4) is 0 Å². The second kappa shape index (κ2) is 5.61. The number of hydrogen-bond donors (Lipinski definition) is 0. The zero-order chi connectivity index (χ0) is 12.3. The zero-order valence-electron chi connectivity index (χ0n) is 9.57. The summed E-state index contributed by atoms with van der Waals surface area (Å²) in [5.41, 5.74) is 2.22. The maximum atomic E-state index is 12.2. The second-order valence-electron chi connectivity index (χ2n) is 3.86. The van der Waals surface area contributed by atoms with Crippen molar-refractivity contribution in [2.24, 2.45) is 0 Å². The summed E-state index contributed by atoms with van der Waals surface area (Å²) in [7, 11) is 0. The van der Waals surface area contributed by atoms with Gasteiger partial charge in [-0.1, -0.05) is 35.0 Å². The van der Waals surface area contributed by atoms with Gasteiger partial charge in [-0.25, -0.2) is 0 Å². The first kappa shape index (κ1) is 12.5. The Morgan fingerprint density at radius 3 is 2.88 bits per heavy atom. The van der Waals surface area contributed by atoms with Crippen molar-refractivity contribution in [3.05, 3.63) is 56.2 Å². The van der Waals surface area contributed by atoms with Crippen LogP contribution in [0.25, 0.3) is 0 Å². The van der Waals surface area contributed by atoms with E-state index in [-0.39, 0.29) is 5.78 Å². The summed E-state index contributed by atoms with van der Waals surface area (Å²) in [6.45, 7) is 2.08. The van der Waals surface area contributed by atoms with Crippen molar-refractivity contribution >= 4 is 33.0 Å². The molecule has 0 aliphatic rings. The molecule has 17 heavy (non-hydrogen) atoms. The van der Waals surface area contributed by atoms with Gasteiger partial charge in [0.25, 0.3) is 0 Å². The molecular weight excluding hydrogens is 296 g/mol. The Bertz CT molecular complexity index is 531. The van der Waals surface area contributed by atoms with Gasteiger partial charge < -0.3 is 0 Å². The summed E-state index contributed by atoms with van der Waals surface area (Å²) in [4.78, 5) is 13.1. The van der Waals surface area contributed by atoms with E-state index in [0.717, 1.165) is 26.9 Å². The number of hydrogen-bond acceptors (Lipinski definition) is 2. The normalized spacial score (nSPS) is 10.5. The number of carbonyl (C=O) groups excluding carboxylic acids is 1. The van der Waals surface area contributed by atoms with Crippen molar-refractivity contribution < 1.29 is 4.79 Å². The fourth-order valence-corrected chi connectivity index (χ4v) is 3.15. The van der Waals surface area contributed by atoms with E-state index in [9.17, 15) is 4.79 Å². The Morgan fingerprint density at radius 1 is 1.35 bits per heavy atom. The van der Waals surface area contributed by atoms with Crippen LogP contribution in [0, 0.1) is 0 Å². The van der Waals surface area contributed by atoms with Crippen molar-refractivity contribution in [1.29, 1.82) is 0 Å². The topological polar surface area (TPSA) is 17.1 Å². The van der Waals surface area contributed by atoms with Gasteiger partial charge in [0.1, 0.15) is 0 Å². The van der Waals surface area contributed by atoms with Crippen LogP contribution in [0.5, 0.6) is 0 Å². The van der Waals surface area contributed by atoms with Crippen LogP contribution in [0.4, 0.5) is 0 Å². The van der Waals surface area contributed by atoms with Crippen molar-refractivity contribution in [3.8, 4) is 0 Å². The van der Waals surface area contributed by atoms with Crippen LogP contribution in [0.2, 0.25) is 0 Å². The number of ketones is 1.